The van der Waals surface area contributed by atoms with Crippen molar-refractivity contribution in [3.05, 3.63) is 39.7 Å². The maximum Gasteiger partial charge on any atom is 0.305 e. The summed E-state index contributed by atoms with van der Waals surface area (Å²) in [6.07, 6.45) is 0. The molecular formula is C10H10FN5O2S. The molecule has 9 heteroatoms. The molecule has 19 heavy (non-hydrogen) atoms. The van der Waals surface area contributed by atoms with Crippen LogP contribution in [0.4, 0.5) is 16.0 Å². The lowest BCUT2D eigenvalue weighted by Crippen LogP contribution is -1.99. The number of thioether (sulfide) groups is 1. The first-order valence-electron chi connectivity index (χ1n) is 5.20. The van der Waals surface area contributed by atoms with Crippen LogP contribution in [0.1, 0.15) is 5.56 Å². The van der Waals surface area contributed by atoms with Gasteiger partial charge in [-0.2, -0.15) is 4.39 Å². The summed E-state index contributed by atoms with van der Waals surface area (Å²) in [5.74, 6) is -0.364. The summed E-state index contributed by atoms with van der Waals surface area (Å²) in [7, 11) is 1.68. The van der Waals surface area contributed by atoms with Crippen LogP contribution in [0, 0.1) is 15.9 Å². The van der Waals surface area contributed by atoms with E-state index in [1.807, 2.05) is 0 Å². The molecule has 2 aromatic rings. The quantitative estimate of drug-likeness (QED) is 0.521. The van der Waals surface area contributed by atoms with Crippen molar-refractivity contribution >= 4 is 23.4 Å². The van der Waals surface area contributed by atoms with E-state index in [2.05, 4.69) is 10.2 Å². The fourth-order valence-corrected chi connectivity index (χ4v) is 2.31. The molecule has 100 valence electrons. The van der Waals surface area contributed by atoms with E-state index in [9.17, 15) is 14.5 Å². The van der Waals surface area contributed by atoms with E-state index >= 15 is 0 Å². The van der Waals surface area contributed by atoms with E-state index in [1.165, 1.54) is 23.9 Å². The van der Waals surface area contributed by atoms with E-state index in [0.717, 1.165) is 6.07 Å². The van der Waals surface area contributed by atoms with Gasteiger partial charge in [0, 0.05) is 24.4 Å². The molecule has 2 rings (SSSR count). The Labute approximate surface area is 111 Å². The largest absolute Gasteiger partial charge is 0.368 e. The molecule has 0 aliphatic rings. The van der Waals surface area contributed by atoms with Gasteiger partial charge in [0.1, 0.15) is 0 Å². The number of hydrogen-bond acceptors (Lipinski definition) is 6. The minimum absolute atomic E-state index is 0.208. The van der Waals surface area contributed by atoms with Gasteiger partial charge in [-0.05, 0) is 0 Å². The lowest BCUT2D eigenvalue weighted by molar-refractivity contribution is -0.387. The highest BCUT2D eigenvalue weighted by molar-refractivity contribution is 7.98. The number of hydrogen-bond donors (Lipinski definition) is 1. The van der Waals surface area contributed by atoms with Gasteiger partial charge < -0.3 is 5.73 Å². The molecule has 1 aromatic carbocycles. The third-order valence-electron chi connectivity index (χ3n) is 2.48. The van der Waals surface area contributed by atoms with Crippen LogP contribution in [0.5, 0.6) is 0 Å². The van der Waals surface area contributed by atoms with Crippen molar-refractivity contribution < 1.29 is 9.31 Å². The Balaban J connectivity index is 2.18. The molecule has 0 fully saturated rings. The number of nitrogen functional groups attached to an aromatic ring is 1. The molecule has 0 bridgehead atoms. The van der Waals surface area contributed by atoms with Crippen molar-refractivity contribution in [1.29, 1.82) is 0 Å². The summed E-state index contributed by atoms with van der Waals surface area (Å²) < 4.78 is 15.4. The SMILES string of the molecule is Cn1c(N)nnc1SCc1cccc([N+](=O)[O-])c1F. The average molecular weight is 283 g/mol. The first kappa shape index (κ1) is 13.3. The first-order chi connectivity index (χ1) is 9.00. The number of nitrogens with zero attached hydrogens (tertiary/aromatic N) is 4. The van der Waals surface area contributed by atoms with E-state index in [1.54, 1.807) is 11.6 Å². The highest BCUT2D eigenvalue weighted by atomic mass is 32.2. The molecule has 0 saturated carbocycles. The first-order valence-corrected chi connectivity index (χ1v) is 6.18. The zero-order chi connectivity index (χ0) is 14.0. The van der Waals surface area contributed by atoms with Crippen molar-refractivity contribution in [3.63, 3.8) is 0 Å². The van der Waals surface area contributed by atoms with Crippen molar-refractivity contribution in [1.82, 2.24) is 14.8 Å². The Morgan fingerprint density at radius 1 is 1.53 bits per heavy atom. The van der Waals surface area contributed by atoms with Gasteiger partial charge in [0.2, 0.25) is 11.8 Å². The van der Waals surface area contributed by atoms with E-state index in [-0.39, 0.29) is 17.3 Å². The third kappa shape index (κ3) is 2.65. The summed E-state index contributed by atoms with van der Waals surface area (Å²) in [6.45, 7) is 0. The standard InChI is InChI=1S/C10H10FN5O2S/c1-15-9(12)13-14-10(15)19-5-6-3-2-4-7(8(6)11)16(17)18/h2-4H,5H2,1H3,(H2,12,13). The summed E-state index contributed by atoms with van der Waals surface area (Å²) in [5, 5.41) is 18.6. The number of anilines is 1. The number of nitrogens with two attached hydrogens (primary N) is 1. The number of halogens is 1. The second kappa shape index (κ2) is 5.22. The van der Waals surface area contributed by atoms with Crippen molar-refractivity contribution in [2.75, 3.05) is 5.73 Å². The zero-order valence-corrected chi connectivity index (χ0v) is 10.7. The van der Waals surface area contributed by atoms with E-state index in [4.69, 9.17) is 5.73 Å². The monoisotopic (exact) mass is 283 g/mol. The maximum atomic E-state index is 13.8. The molecule has 7 nitrogen and oxygen atoms in total. The van der Waals surface area contributed by atoms with Crippen molar-refractivity contribution in [3.8, 4) is 0 Å². The lowest BCUT2D eigenvalue weighted by atomic mass is 10.2. The molecule has 0 unspecified atom stereocenters. The molecular weight excluding hydrogens is 273 g/mol. The third-order valence-corrected chi connectivity index (χ3v) is 3.55. The van der Waals surface area contributed by atoms with Crippen LogP contribution in [0.15, 0.2) is 23.4 Å². The van der Waals surface area contributed by atoms with Crippen molar-refractivity contribution in [2.45, 2.75) is 10.9 Å². The van der Waals surface area contributed by atoms with E-state index in [0.29, 0.717) is 5.16 Å². The Kier molecular flexibility index (Phi) is 3.65. The highest BCUT2D eigenvalue weighted by Crippen LogP contribution is 2.26. The van der Waals surface area contributed by atoms with Crippen LogP contribution >= 0.6 is 11.8 Å². The molecule has 1 heterocycles. The van der Waals surface area contributed by atoms with Crippen molar-refractivity contribution in [2.24, 2.45) is 7.05 Å². The Morgan fingerprint density at radius 3 is 2.84 bits per heavy atom. The van der Waals surface area contributed by atoms with E-state index < -0.39 is 16.4 Å². The van der Waals surface area contributed by atoms with Gasteiger partial charge >= 0.3 is 5.69 Å². The van der Waals surface area contributed by atoms with Gasteiger partial charge in [-0.15, -0.1) is 10.2 Å². The summed E-state index contributed by atoms with van der Waals surface area (Å²) in [5.41, 5.74) is 5.22. The number of benzene rings is 1. The van der Waals surface area contributed by atoms with Crippen LogP contribution in [0.2, 0.25) is 0 Å². The Morgan fingerprint density at radius 2 is 2.26 bits per heavy atom. The molecule has 0 saturated heterocycles. The number of rotatable bonds is 4. The molecule has 0 atom stereocenters. The summed E-state index contributed by atoms with van der Waals surface area (Å²) >= 11 is 1.20. The second-order valence-electron chi connectivity index (χ2n) is 3.70. The Bertz CT molecular complexity index is 630. The van der Waals surface area contributed by atoms with Gasteiger partial charge in [0.15, 0.2) is 5.16 Å². The van der Waals surface area contributed by atoms with Crippen LogP contribution < -0.4 is 5.73 Å². The molecule has 0 spiro atoms. The van der Waals surface area contributed by atoms with Crippen LogP contribution in [-0.2, 0) is 12.8 Å². The highest BCUT2D eigenvalue weighted by Gasteiger charge is 2.17. The zero-order valence-electron chi connectivity index (χ0n) is 9.91. The average Bonchev–Trinajstić information content (AvgIpc) is 2.68. The van der Waals surface area contributed by atoms with Crippen LogP contribution in [-0.4, -0.2) is 19.7 Å². The van der Waals surface area contributed by atoms with Crippen LogP contribution in [0.3, 0.4) is 0 Å². The summed E-state index contributed by atoms with van der Waals surface area (Å²) in [4.78, 5) is 9.88. The van der Waals surface area contributed by atoms with Gasteiger partial charge in [-0.25, -0.2) is 0 Å². The number of aromatic nitrogens is 3. The molecule has 0 aliphatic carbocycles. The number of nitro groups is 1. The second-order valence-corrected chi connectivity index (χ2v) is 4.64. The van der Waals surface area contributed by atoms with Crippen LogP contribution in [0.25, 0.3) is 0 Å². The summed E-state index contributed by atoms with van der Waals surface area (Å²) in [6, 6.07) is 4.07. The lowest BCUT2D eigenvalue weighted by Gasteiger charge is -2.03. The van der Waals surface area contributed by atoms with Gasteiger partial charge in [-0.1, -0.05) is 23.9 Å². The smallest absolute Gasteiger partial charge is 0.305 e. The predicted molar refractivity (Wildman–Crippen MR) is 68.0 cm³/mol. The van der Waals surface area contributed by atoms with Gasteiger partial charge in [0.25, 0.3) is 0 Å². The maximum absolute atomic E-state index is 13.8. The predicted octanol–water partition coefficient (Wildman–Crippen LogP) is 1.74. The van der Waals surface area contributed by atoms with Gasteiger partial charge in [-0.3, -0.25) is 14.7 Å². The fourth-order valence-electron chi connectivity index (χ4n) is 1.41. The molecule has 0 amide bonds. The minimum atomic E-state index is -0.824. The molecule has 1 aromatic heterocycles. The normalized spacial score (nSPS) is 10.6. The molecule has 0 aliphatic heterocycles. The van der Waals surface area contributed by atoms with Gasteiger partial charge in [0.05, 0.1) is 4.92 Å². The Hall–Kier alpha value is -2.16. The molecule has 0 radical (unpaired) electrons. The number of nitro benzene ring substituents is 1. The molecule has 2 N–H and O–H groups in total. The minimum Gasteiger partial charge on any atom is -0.368 e. The fraction of sp³-hybridized carbons (Fsp3) is 0.200. The topological polar surface area (TPSA) is 99.9 Å².